The van der Waals surface area contributed by atoms with E-state index in [2.05, 4.69) is 404 Å². The number of benzene rings is 20. The molecule has 20 aromatic carbocycles. The van der Waals surface area contributed by atoms with E-state index in [0.717, 1.165) is 21.9 Å². The number of furan rings is 1. The topological polar surface area (TPSA) is 13.1 Å². The molecule has 2 heteroatoms. The van der Waals surface area contributed by atoms with Gasteiger partial charge in [-0.15, -0.1) is 11.3 Å². The van der Waals surface area contributed by atoms with Crippen molar-refractivity contribution >= 4 is 129 Å². The first kappa shape index (κ1) is 66.1. The van der Waals surface area contributed by atoms with Gasteiger partial charge in [0.05, 0.1) is 0 Å². The number of thiophene rings is 1. The monoisotopic (exact) mass is 1470 g/mol. The third kappa shape index (κ3) is 9.97. The van der Waals surface area contributed by atoms with Crippen LogP contribution in [0.3, 0.4) is 0 Å². The molecule has 22 aromatic rings. The highest BCUT2D eigenvalue weighted by molar-refractivity contribution is 7.26. The third-order valence-electron chi connectivity index (χ3n) is 25.5. The molecule has 0 N–H and O–H groups in total. The van der Waals surface area contributed by atoms with Crippen LogP contribution in [0.2, 0.25) is 0 Å². The predicted molar refractivity (Wildman–Crippen MR) is 489 cm³/mol. The molecule has 0 spiro atoms. The highest BCUT2D eigenvalue weighted by Crippen LogP contribution is 2.56. The Bertz CT molecular complexity index is 7730. The van der Waals surface area contributed by atoms with Crippen LogP contribution in [-0.2, 0) is 10.8 Å². The third-order valence-corrected chi connectivity index (χ3v) is 26.7. The van der Waals surface area contributed by atoms with Gasteiger partial charge in [0.25, 0.3) is 0 Å². The van der Waals surface area contributed by atoms with Gasteiger partial charge in [0.1, 0.15) is 11.2 Å². The van der Waals surface area contributed by atoms with Gasteiger partial charge in [0, 0.05) is 47.3 Å². The maximum absolute atomic E-state index is 6.56. The predicted octanol–water partition coefficient (Wildman–Crippen LogP) is 32.0. The average Bonchev–Trinajstić information content (AvgIpc) is 1.42. The van der Waals surface area contributed by atoms with Gasteiger partial charge >= 0.3 is 0 Å². The molecule has 1 nitrogen and oxygen atoms in total. The van der Waals surface area contributed by atoms with Crippen molar-refractivity contribution in [2.45, 2.75) is 38.5 Å². The maximum Gasteiger partial charge on any atom is 0.135 e. The maximum atomic E-state index is 6.56. The Morgan fingerprint density at radius 3 is 1.11 bits per heavy atom. The van der Waals surface area contributed by atoms with Crippen LogP contribution in [0.4, 0.5) is 0 Å². The lowest BCUT2D eigenvalue weighted by atomic mass is 9.80. The first-order valence-electron chi connectivity index (χ1n) is 39.8. The van der Waals surface area contributed by atoms with Gasteiger partial charge in [-0.25, -0.2) is 0 Å². The minimum absolute atomic E-state index is 0.0509. The zero-order valence-corrected chi connectivity index (χ0v) is 64.4. The van der Waals surface area contributed by atoms with Crippen LogP contribution in [-0.4, -0.2) is 0 Å². The molecule has 0 radical (unpaired) electrons. The highest BCUT2D eigenvalue weighted by Gasteiger charge is 2.39. The van der Waals surface area contributed by atoms with Crippen molar-refractivity contribution in [1.82, 2.24) is 0 Å². The summed E-state index contributed by atoms with van der Waals surface area (Å²) in [6.45, 7) is 9.50. The summed E-state index contributed by atoms with van der Waals surface area (Å²) in [5.74, 6) is 0. The zero-order chi connectivity index (χ0) is 75.7. The van der Waals surface area contributed by atoms with E-state index in [1.54, 1.807) is 0 Å². The van der Waals surface area contributed by atoms with Crippen molar-refractivity contribution in [3.8, 4) is 100 Å². The molecule has 0 amide bonds. The summed E-state index contributed by atoms with van der Waals surface area (Å²) in [6, 6.07) is 140. The second-order valence-electron chi connectivity index (χ2n) is 32.3. The van der Waals surface area contributed by atoms with Crippen LogP contribution in [0.1, 0.15) is 49.9 Å². The van der Waals surface area contributed by atoms with Gasteiger partial charge in [-0.2, -0.15) is 0 Å². The first-order valence-corrected chi connectivity index (χ1v) is 40.7. The van der Waals surface area contributed by atoms with Crippen molar-refractivity contribution in [3.63, 3.8) is 0 Å². The molecule has 0 saturated heterocycles. The Balaban J connectivity index is 0.000000137. The number of hydrogen-bond donors (Lipinski definition) is 0. The minimum Gasteiger partial charge on any atom is -0.456 e. The molecule has 2 aromatic heterocycles. The van der Waals surface area contributed by atoms with Crippen LogP contribution in [0.5, 0.6) is 0 Å². The largest absolute Gasteiger partial charge is 0.456 e. The Labute approximate surface area is 665 Å². The van der Waals surface area contributed by atoms with E-state index in [9.17, 15) is 0 Å². The molecule has 0 atom stereocenters. The summed E-state index contributed by atoms with van der Waals surface area (Å²) >= 11 is 1.90. The Hall–Kier alpha value is -13.8. The van der Waals surface area contributed by atoms with Gasteiger partial charge in [-0.1, -0.05) is 361 Å². The summed E-state index contributed by atoms with van der Waals surface area (Å²) in [4.78, 5) is 0. The smallest absolute Gasteiger partial charge is 0.135 e. The molecule has 0 unspecified atom stereocenters. The van der Waals surface area contributed by atoms with Crippen molar-refractivity contribution in [1.29, 1.82) is 0 Å². The lowest BCUT2D eigenvalue weighted by Crippen LogP contribution is -2.15. The SMILES string of the molecule is CC1(C)c2ccc(-c3ccc(-c4c5ccccc5c(-c5cccc6c5sc5ccccc56)c5ccccc45)cc3)cc2-c2ccc3ccccc3c21.CC1(C)c2ccc(-c3ccc4oc5ccc(-c6c7ccccc7c(-c7ccccc7-c7cccc8ccccc78)c7ccccc67)cc5c4c3)cc2-c2ccc3ccccc3c21. The molecule has 2 aliphatic carbocycles. The highest BCUT2D eigenvalue weighted by atomic mass is 32.1. The number of hydrogen-bond acceptors (Lipinski definition) is 2. The molecule has 2 aliphatic rings. The van der Waals surface area contributed by atoms with Crippen LogP contribution < -0.4 is 0 Å². The van der Waals surface area contributed by atoms with Crippen LogP contribution >= 0.6 is 11.3 Å². The van der Waals surface area contributed by atoms with E-state index in [0.29, 0.717) is 0 Å². The van der Waals surface area contributed by atoms with E-state index in [4.69, 9.17) is 4.42 Å². The van der Waals surface area contributed by atoms with Gasteiger partial charge in [-0.3, -0.25) is 0 Å². The van der Waals surface area contributed by atoms with Crippen molar-refractivity contribution < 1.29 is 4.42 Å². The van der Waals surface area contributed by atoms with E-state index < -0.39 is 0 Å². The molecular formula is C112H74OS. The van der Waals surface area contributed by atoms with Crippen LogP contribution in [0.15, 0.2) is 381 Å². The van der Waals surface area contributed by atoms with Crippen molar-refractivity contribution in [2.75, 3.05) is 0 Å². The van der Waals surface area contributed by atoms with E-state index in [1.165, 1.54) is 218 Å². The second kappa shape index (κ2) is 25.4. The molecule has 114 heavy (non-hydrogen) atoms. The first-order chi connectivity index (χ1) is 56.1. The zero-order valence-electron chi connectivity index (χ0n) is 63.6. The summed E-state index contributed by atoms with van der Waals surface area (Å²) in [5, 5.41) is 22.8. The lowest BCUT2D eigenvalue weighted by molar-refractivity contribution is 0.666. The molecule has 0 aliphatic heterocycles. The number of rotatable bonds is 7. The minimum atomic E-state index is -0.0854. The van der Waals surface area contributed by atoms with Gasteiger partial charge in [0.2, 0.25) is 0 Å². The van der Waals surface area contributed by atoms with Crippen LogP contribution in [0, 0.1) is 0 Å². The molecule has 0 fully saturated rings. The Morgan fingerprint density at radius 2 is 0.553 bits per heavy atom. The molecule has 2 heterocycles. The quantitative estimate of drug-likeness (QED) is 0.145. The van der Waals surface area contributed by atoms with E-state index >= 15 is 0 Å². The molecular weight excluding hydrogens is 1390 g/mol. The number of fused-ring (bicyclic) bond motifs is 21. The molecule has 0 saturated carbocycles. The van der Waals surface area contributed by atoms with E-state index in [-0.39, 0.29) is 10.8 Å². The lowest BCUT2D eigenvalue weighted by Gasteiger charge is -2.23. The molecule has 0 bridgehead atoms. The molecule has 534 valence electrons. The summed E-state index contributed by atoms with van der Waals surface area (Å²) in [6.07, 6.45) is 0. The summed E-state index contributed by atoms with van der Waals surface area (Å²) in [5.41, 5.74) is 30.1. The Morgan fingerprint density at radius 1 is 0.202 bits per heavy atom. The van der Waals surface area contributed by atoms with Crippen molar-refractivity contribution in [2.24, 2.45) is 0 Å². The van der Waals surface area contributed by atoms with Gasteiger partial charge in [0.15, 0.2) is 0 Å². The fourth-order valence-electron chi connectivity index (χ4n) is 20.3. The van der Waals surface area contributed by atoms with Crippen molar-refractivity contribution in [3.05, 3.63) is 398 Å². The summed E-state index contributed by atoms with van der Waals surface area (Å²) in [7, 11) is 0. The average molecular weight is 1470 g/mol. The normalized spacial score (nSPS) is 13.2. The Kier molecular flexibility index (Phi) is 14.7. The van der Waals surface area contributed by atoms with Gasteiger partial charge in [-0.05, 0) is 235 Å². The van der Waals surface area contributed by atoms with Gasteiger partial charge < -0.3 is 4.42 Å². The molecule has 24 rings (SSSR count). The van der Waals surface area contributed by atoms with E-state index in [1.807, 2.05) is 11.3 Å². The van der Waals surface area contributed by atoms with Crippen LogP contribution in [0.25, 0.3) is 218 Å². The second-order valence-corrected chi connectivity index (χ2v) is 33.4. The fourth-order valence-corrected chi connectivity index (χ4v) is 21.6. The summed E-state index contributed by atoms with van der Waals surface area (Å²) < 4.78 is 9.25. The standard InChI is InChI=1S/C61H40O.C51H34S/c1-61(2)55-31-27-39(34-52(55)51-30-26-38-15-4-6-18-43(38)60(51)61)40-28-32-56-53(35-40)54-36-41(29-33-57(54)62-56)58-47-21-9-11-23-49(47)59(50-24-12-10-22-48(50)58)46-20-8-7-19-45(46)44-25-13-16-37-14-3-5-17-42(37)44;1-51(2)45-29-27-34(30-44(45)41-28-26-32-12-3-4-13-35(32)49(41)51)31-22-24-33(25-23-31)47-37-15-5-7-17-39(37)48(40-18-8-6-16-38(40)47)43-20-11-19-42-36-14-9-10-21-46(36)52-50(42)43/h3-36H,1-2H3;3-30H,1-2H3. The fraction of sp³-hybridized carbons (Fsp3) is 0.0536.